The fourth-order valence-corrected chi connectivity index (χ4v) is 3.33. The van der Waals surface area contributed by atoms with Crippen molar-refractivity contribution in [2.24, 2.45) is 0 Å². The summed E-state index contributed by atoms with van der Waals surface area (Å²) in [4.78, 5) is 21.4. The number of aryl methyl sites for hydroxylation is 1. The molecule has 1 atom stereocenters. The highest BCUT2D eigenvalue weighted by atomic mass is 16.1. The Balaban J connectivity index is 1.60. The standard InChI is InChI=1S/C22H28N4O/c1-16-15-20(21(27)25-17(2)19-11-7-4-8-12-19)26-22(24-16)23-14-13-18-9-5-3-6-10-18/h4,7-9,11-12,15,17H,3,5-6,10,13-14H2,1-2H3,(H,25,27)(H,23,24,26). The number of hydrogen-bond acceptors (Lipinski definition) is 4. The van der Waals surface area contributed by atoms with Gasteiger partial charge >= 0.3 is 0 Å². The summed E-state index contributed by atoms with van der Waals surface area (Å²) < 4.78 is 0. The molecule has 1 aliphatic carbocycles. The maximum Gasteiger partial charge on any atom is 0.270 e. The molecule has 1 aromatic carbocycles. The van der Waals surface area contributed by atoms with Crippen LogP contribution in [0.3, 0.4) is 0 Å². The Kier molecular flexibility index (Phi) is 6.58. The molecule has 1 aliphatic rings. The second-order valence-corrected chi connectivity index (χ2v) is 7.11. The lowest BCUT2D eigenvalue weighted by atomic mass is 9.97. The van der Waals surface area contributed by atoms with E-state index in [1.54, 1.807) is 6.07 Å². The first kappa shape index (κ1) is 19.1. The van der Waals surface area contributed by atoms with E-state index in [0.29, 0.717) is 11.6 Å². The molecule has 3 rings (SSSR count). The van der Waals surface area contributed by atoms with E-state index in [9.17, 15) is 4.79 Å². The molecule has 0 radical (unpaired) electrons. The van der Waals surface area contributed by atoms with Crippen molar-refractivity contribution in [3.63, 3.8) is 0 Å². The lowest BCUT2D eigenvalue weighted by molar-refractivity contribution is 0.0934. The van der Waals surface area contributed by atoms with Gasteiger partial charge in [0.25, 0.3) is 5.91 Å². The van der Waals surface area contributed by atoms with E-state index in [4.69, 9.17) is 0 Å². The first-order valence-corrected chi connectivity index (χ1v) is 9.75. The number of nitrogens with one attached hydrogen (secondary N) is 2. The number of amides is 1. The summed E-state index contributed by atoms with van der Waals surface area (Å²) >= 11 is 0. The number of allylic oxidation sites excluding steroid dienone is 1. The minimum atomic E-state index is -0.185. The molecule has 142 valence electrons. The van der Waals surface area contributed by atoms with Gasteiger partial charge in [-0.05, 0) is 57.6 Å². The number of anilines is 1. The van der Waals surface area contributed by atoms with E-state index >= 15 is 0 Å². The summed E-state index contributed by atoms with van der Waals surface area (Å²) in [6.45, 7) is 4.64. The zero-order valence-electron chi connectivity index (χ0n) is 16.2. The third kappa shape index (κ3) is 5.64. The Morgan fingerprint density at radius 3 is 2.74 bits per heavy atom. The van der Waals surface area contributed by atoms with Crippen LogP contribution in [0.4, 0.5) is 5.95 Å². The number of aromatic nitrogens is 2. The molecular formula is C22H28N4O. The molecule has 1 aromatic heterocycles. The molecule has 1 amide bonds. The third-order valence-corrected chi connectivity index (χ3v) is 4.85. The molecule has 1 heterocycles. The minimum Gasteiger partial charge on any atom is -0.354 e. The van der Waals surface area contributed by atoms with Crippen LogP contribution in [0.5, 0.6) is 0 Å². The molecule has 5 nitrogen and oxygen atoms in total. The van der Waals surface area contributed by atoms with Crippen molar-refractivity contribution in [1.29, 1.82) is 0 Å². The number of hydrogen-bond donors (Lipinski definition) is 2. The van der Waals surface area contributed by atoms with Crippen LogP contribution in [-0.4, -0.2) is 22.4 Å². The van der Waals surface area contributed by atoms with Gasteiger partial charge in [0.05, 0.1) is 6.04 Å². The van der Waals surface area contributed by atoms with E-state index < -0.39 is 0 Å². The first-order valence-electron chi connectivity index (χ1n) is 9.75. The summed E-state index contributed by atoms with van der Waals surface area (Å²) in [6.07, 6.45) is 8.34. The lowest BCUT2D eigenvalue weighted by Gasteiger charge is -2.15. The largest absolute Gasteiger partial charge is 0.354 e. The highest BCUT2D eigenvalue weighted by Crippen LogP contribution is 2.20. The van der Waals surface area contributed by atoms with Crippen molar-refractivity contribution in [3.8, 4) is 0 Å². The maximum atomic E-state index is 12.6. The van der Waals surface area contributed by atoms with Gasteiger partial charge in [-0.2, -0.15) is 0 Å². The van der Waals surface area contributed by atoms with Gasteiger partial charge in [0.2, 0.25) is 5.95 Å². The van der Waals surface area contributed by atoms with Crippen LogP contribution in [0.2, 0.25) is 0 Å². The Morgan fingerprint density at radius 1 is 1.19 bits per heavy atom. The molecule has 2 N–H and O–H groups in total. The van der Waals surface area contributed by atoms with Gasteiger partial charge in [-0.3, -0.25) is 4.79 Å². The maximum absolute atomic E-state index is 12.6. The number of carbonyl (C=O) groups is 1. The van der Waals surface area contributed by atoms with E-state index in [-0.39, 0.29) is 11.9 Å². The van der Waals surface area contributed by atoms with Crippen LogP contribution in [0.25, 0.3) is 0 Å². The second-order valence-electron chi connectivity index (χ2n) is 7.11. The van der Waals surface area contributed by atoms with Crippen LogP contribution in [0.1, 0.15) is 66.8 Å². The number of benzene rings is 1. The topological polar surface area (TPSA) is 66.9 Å². The van der Waals surface area contributed by atoms with Crippen molar-refractivity contribution in [2.45, 2.75) is 52.0 Å². The van der Waals surface area contributed by atoms with E-state index in [1.807, 2.05) is 44.2 Å². The Morgan fingerprint density at radius 2 is 2.00 bits per heavy atom. The second kappa shape index (κ2) is 9.31. The van der Waals surface area contributed by atoms with Gasteiger partial charge in [-0.1, -0.05) is 42.0 Å². The Labute approximate surface area is 161 Å². The van der Waals surface area contributed by atoms with Crippen molar-refractivity contribution in [2.75, 3.05) is 11.9 Å². The van der Waals surface area contributed by atoms with Crippen LogP contribution in [0.15, 0.2) is 48.0 Å². The third-order valence-electron chi connectivity index (χ3n) is 4.85. The zero-order valence-corrected chi connectivity index (χ0v) is 16.2. The van der Waals surface area contributed by atoms with Crippen LogP contribution in [-0.2, 0) is 0 Å². The fraction of sp³-hybridized carbons (Fsp3) is 0.409. The average Bonchev–Trinajstić information content (AvgIpc) is 2.69. The summed E-state index contributed by atoms with van der Waals surface area (Å²) in [6, 6.07) is 11.6. The van der Waals surface area contributed by atoms with Gasteiger partial charge in [-0.15, -0.1) is 0 Å². The van der Waals surface area contributed by atoms with Gasteiger partial charge < -0.3 is 10.6 Å². The van der Waals surface area contributed by atoms with E-state index in [1.165, 1.54) is 31.3 Å². The highest BCUT2D eigenvalue weighted by Gasteiger charge is 2.14. The van der Waals surface area contributed by atoms with Crippen LogP contribution >= 0.6 is 0 Å². The Hall–Kier alpha value is -2.69. The monoisotopic (exact) mass is 364 g/mol. The van der Waals surface area contributed by atoms with Gasteiger partial charge in [-0.25, -0.2) is 9.97 Å². The quantitative estimate of drug-likeness (QED) is 0.706. The van der Waals surface area contributed by atoms with Gasteiger partial charge in [0.15, 0.2) is 0 Å². The van der Waals surface area contributed by atoms with Gasteiger partial charge in [0, 0.05) is 12.2 Å². The van der Waals surface area contributed by atoms with E-state index in [2.05, 4.69) is 26.7 Å². The molecule has 0 fully saturated rings. The zero-order chi connectivity index (χ0) is 19.1. The molecule has 5 heteroatoms. The van der Waals surface area contributed by atoms with Crippen LogP contribution in [0, 0.1) is 6.92 Å². The number of nitrogens with zero attached hydrogens (tertiary/aromatic N) is 2. The van der Waals surface area contributed by atoms with Gasteiger partial charge in [0.1, 0.15) is 5.69 Å². The molecular weight excluding hydrogens is 336 g/mol. The Bertz CT molecular complexity index is 801. The SMILES string of the molecule is Cc1cc(C(=O)NC(C)c2ccccc2)nc(NCCC2=CCCCC2)n1. The molecule has 2 aromatic rings. The van der Waals surface area contributed by atoms with Crippen molar-refractivity contribution >= 4 is 11.9 Å². The smallest absolute Gasteiger partial charge is 0.270 e. The predicted octanol–water partition coefficient (Wildman–Crippen LogP) is 4.58. The molecule has 0 saturated heterocycles. The van der Waals surface area contributed by atoms with Crippen molar-refractivity contribution in [3.05, 3.63) is 65.0 Å². The minimum absolute atomic E-state index is 0.0800. The highest BCUT2D eigenvalue weighted by molar-refractivity contribution is 5.92. The molecule has 0 bridgehead atoms. The number of rotatable bonds is 7. The summed E-state index contributed by atoms with van der Waals surface area (Å²) in [5, 5.41) is 6.28. The molecule has 1 unspecified atom stereocenters. The lowest BCUT2D eigenvalue weighted by Crippen LogP contribution is -2.28. The number of carbonyl (C=O) groups excluding carboxylic acids is 1. The van der Waals surface area contributed by atoms with Crippen LogP contribution < -0.4 is 10.6 Å². The normalized spacial score (nSPS) is 15.0. The molecule has 27 heavy (non-hydrogen) atoms. The molecule has 0 aliphatic heterocycles. The summed E-state index contributed by atoms with van der Waals surface area (Å²) in [5.74, 6) is 0.332. The summed E-state index contributed by atoms with van der Waals surface area (Å²) in [7, 11) is 0. The molecule has 0 saturated carbocycles. The first-order chi connectivity index (χ1) is 13.1. The van der Waals surface area contributed by atoms with Crippen molar-refractivity contribution < 1.29 is 4.79 Å². The van der Waals surface area contributed by atoms with Crippen molar-refractivity contribution in [1.82, 2.24) is 15.3 Å². The summed E-state index contributed by atoms with van der Waals surface area (Å²) in [5.41, 5.74) is 3.75. The predicted molar refractivity (Wildman–Crippen MR) is 109 cm³/mol. The van der Waals surface area contributed by atoms with E-state index in [0.717, 1.165) is 24.2 Å². The average molecular weight is 364 g/mol. The molecule has 0 spiro atoms. The fourth-order valence-electron chi connectivity index (χ4n) is 3.33.